The van der Waals surface area contributed by atoms with E-state index in [2.05, 4.69) is 22.6 Å². The van der Waals surface area contributed by atoms with Crippen molar-refractivity contribution in [3.8, 4) is 0 Å². The lowest BCUT2D eigenvalue weighted by molar-refractivity contribution is 0.203. The maximum Gasteiger partial charge on any atom is 0.298 e. The van der Waals surface area contributed by atoms with Crippen LogP contribution in [0.2, 0.25) is 0 Å². The fourth-order valence-electron chi connectivity index (χ4n) is 1.14. The molecule has 0 bridgehead atoms. The molecule has 0 atom stereocenters. The number of halogens is 2. The van der Waals surface area contributed by atoms with Crippen molar-refractivity contribution in [3.63, 3.8) is 0 Å². The van der Waals surface area contributed by atoms with Gasteiger partial charge >= 0.3 is 0 Å². The predicted octanol–water partition coefficient (Wildman–Crippen LogP) is 3.96. The molecule has 0 aromatic heterocycles. The Labute approximate surface area is 136 Å². The van der Waals surface area contributed by atoms with Crippen LogP contribution in [0.5, 0.6) is 0 Å². The molecule has 1 aromatic carbocycles. The van der Waals surface area contributed by atoms with Gasteiger partial charge in [0.15, 0.2) is 0 Å². The molecule has 0 saturated carbocycles. The second-order valence-electron chi connectivity index (χ2n) is 5.31. The molecule has 0 radical (unpaired) electrons. The molecule has 6 heteroatoms. The van der Waals surface area contributed by atoms with E-state index in [0.29, 0.717) is 3.57 Å². The summed E-state index contributed by atoms with van der Waals surface area (Å²) in [5, 5.41) is 0. The van der Waals surface area contributed by atoms with Crippen LogP contribution in [0.4, 0.5) is 0 Å². The van der Waals surface area contributed by atoms with Crippen molar-refractivity contribution in [1.82, 2.24) is 0 Å². The molecule has 1 rings (SSSR count). The third-order valence-electron chi connectivity index (χ3n) is 2.13. The first kappa shape index (κ1) is 16.6. The van der Waals surface area contributed by atoms with Crippen LogP contribution in [0.15, 0.2) is 17.0 Å². The summed E-state index contributed by atoms with van der Waals surface area (Å²) in [6.45, 7) is 7.94. The molecule has 0 heterocycles. The standard InChI is InChI=1S/C12H16I2O3S/c1-8-5-10(14)11(6-9(8)13)18(15,16)17-7-12(2,3)4/h5-6H,7H2,1-4H3. The van der Waals surface area contributed by atoms with E-state index < -0.39 is 10.1 Å². The van der Waals surface area contributed by atoms with Crippen LogP contribution in [0.3, 0.4) is 0 Å². The summed E-state index contributed by atoms with van der Waals surface area (Å²) in [5.41, 5.74) is 0.880. The highest BCUT2D eigenvalue weighted by Gasteiger charge is 2.23. The molecule has 0 aliphatic heterocycles. The summed E-state index contributed by atoms with van der Waals surface area (Å²) in [6, 6.07) is 3.52. The summed E-state index contributed by atoms with van der Waals surface area (Å²) < 4.78 is 31.0. The number of benzene rings is 1. The van der Waals surface area contributed by atoms with Crippen molar-refractivity contribution < 1.29 is 12.6 Å². The van der Waals surface area contributed by atoms with Gasteiger partial charge in [-0.2, -0.15) is 8.42 Å². The Morgan fingerprint density at radius 3 is 2.22 bits per heavy atom. The molecule has 3 nitrogen and oxygen atoms in total. The third-order valence-corrected chi connectivity index (χ3v) is 5.85. The minimum Gasteiger partial charge on any atom is -0.266 e. The van der Waals surface area contributed by atoms with E-state index in [1.807, 2.05) is 56.4 Å². The van der Waals surface area contributed by atoms with E-state index >= 15 is 0 Å². The average molecular weight is 494 g/mol. The molecule has 1 aromatic rings. The zero-order chi connectivity index (χ0) is 14.1. The quantitative estimate of drug-likeness (QED) is 0.473. The Morgan fingerprint density at radius 1 is 1.17 bits per heavy atom. The summed E-state index contributed by atoms with van der Waals surface area (Å²) in [4.78, 5) is 0.252. The van der Waals surface area contributed by atoms with Gasteiger partial charge in [0, 0.05) is 7.14 Å². The smallest absolute Gasteiger partial charge is 0.266 e. The Kier molecular flexibility index (Phi) is 5.48. The largest absolute Gasteiger partial charge is 0.298 e. The Hall–Kier alpha value is 0.590. The second-order valence-corrected chi connectivity index (χ2v) is 9.22. The average Bonchev–Trinajstić information content (AvgIpc) is 2.19. The number of hydrogen-bond acceptors (Lipinski definition) is 3. The van der Waals surface area contributed by atoms with Gasteiger partial charge in [-0.05, 0) is 75.2 Å². The van der Waals surface area contributed by atoms with Crippen molar-refractivity contribution in [1.29, 1.82) is 0 Å². The summed E-state index contributed by atoms with van der Waals surface area (Å²) in [6.07, 6.45) is 0. The molecule has 0 fully saturated rings. The predicted molar refractivity (Wildman–Crippen MR) is 89.2 cm³/mol. The molecule has 0 spiro atoms. The fraction of sp³-hybridized carbons (Fsp3) is 0.500. The number of hydrogen-bond donors (Lipinski definition) is 0. The van der Waals surface area contributed by atoms with Crippen LogP contribution in [-0.4, -0.2) is 15.0 Å². The number of rotatable bonds is 3. The number of aryl methyl sites for hydroxylation is 1. The van der Waals surface area contributed by atoms with E-state index in [0.717, 1.165) is 9.13 Å². The van der Waals surface area contributed by atoms with Gasteiger partial charge in [0.1, 0.15) is 4.90 Å². The lowest BCUT2D eigenvalue weighted by atomic mass is 9.99. The Balaban J connectivity index is 3.10. The van der Waals surface area contributed by atoms with Gasteiger partial charge < -0.3 is 0 Å². The van der Waals surface area contributed by atoms with Crippen molar-refractivity contribution in [2.75, 3.05) is 6.61 Å². The topological polar surface area (TPSA) is 43.4 Å². The Morgan fingerprint density at radius 2 is 1.72 bits per heavy atom. The van der Waals surface area contributed by atoms with E-state index in [9.17, 15) is 8.42 Å². The van der Waals surface area contributed by atoms with E-state index in [-0.39, 0.29) is 16.9 Å². The van der Waals surface area contributed by atoms with Crippen LogP contribution in [0.1, 0.15) is 26.3 Å². The molecule has 18 heavy (non-hydrogen) atoms. The third kappa shape index (κ3) is 4.61. The van der Waals surface area contributed by atoms with Crippen LogP contribution in [0, 0.1) is 19.5 Å². The zero-order valence-electron chi connectivity index (χ0n) is 10.8. The van der Waals surface area contributed by atoms with E-state index in [1.165, 1.54) is 0 Å². The van der Waals surface area contributed by atoms with Crippen molar-refractivity contribution in [2.45, 2.75) is 32.6 Å². The lowest BCUT2D eigenvalue weighted by Gasteiger charge is -2.18. The molecule has 0 aliphatic rings. The van der Waals surface area contributed by atoms with Gasteiger partial charge in [0.2, 0.25) is 0 Å². The lowest BCUT2D eigenvalue weighted by Crippen LogP contribution is -2.19. The van der Waals surface area contributed by atoms with Crippen LogP contribution < -0.4 is 0 Å². The first-order valence-electron chi connectivity index (χ1n) is 5.38. The highest BCUT2D eigenvalue weighted by atomic mass is 127. The maximum atomic E-state index is 12.1. The van der Waals surface area contributed by atoms with Gasteiger partial charge in [0.25, 0.3) is 10.1 Å². The summed E-state index contributed by atoms with van der Waals surface area (Å²) >= 11 is 4.15. The van der Waals surface area contributed by atoms with Gasteiger partial charge in [-0.3, -0.25) is 4.18 Å². The van der Waals surface area contributed by atoms with Crippen molar-refractivity contribution >= 4 is 55.3 Å². The van der Waals surface area contributed by atoms with Crippen molar-refractivity contribution in [3.05, 3.63) is 24.8 Å². The molecule has 0 aliphatic carbocycles. The first-order chi connectivity index (χ1) is 8.03. The van der Waals surface area contributed by atoms with Gasteiger partial charge in [0.05, 0.1) is 6.61 Å². The summed E-state index contributed by atoms with van der Waals surface area (Å²) in [5.74, 6) is 0. The molecule has 0 N–H and O–H groups in total. The fourth-order valence-corrected chi connectivity index (χ4v) is 4.44. The van der Waals surface area contributed by atoms with Gasteiger partial charge in [-0.15, -0.1) is 0 Å². The van der Waals surface area contributed by atoms with Gasteiger partial charge in [-0.1, -0.05) is 20.8 Å². The second kappa shape index (κ2) is 5.92. The van der Waals surface area contributed by atoms with E-state index in [4.69, 9.17) is 4.18 Å². The molecule has 0 saturated heterocycles. The highest BCUT2D eigenvalue weighted by Crippen LogP contribution is 2.26. The molecule has 0 amide bonds. The molecule has 102 valence electrons. The molecular weight excluding hydrogens is 478 g/mol. The Bertz CT molecular complexity index is 545. The van der Waals surface area contributed by atoms with E-state index in [1.54, 1.807) is 6.07 Å². The zero-order valence-corrected chi connectivity index (χ0v) is 15.9. The SMILES string of the molecule is Cc1cc(I)c(S(=O)(=O)OCC(C)(C)C)cc1I. The summed E-state index contributed by atoms with van der Waals surface area (Å²) in [7, 11) is -3.68. The monoisotopic (exact) mass is 494 g/mol. The van der Waals surface area contributed by atoms with Crippen LogP contribution >= 0.6 is 45.2 Å². The maximum absolute atomic E-state index is 12.1. The van der Waals surface area contributed by atoms with Crippen molar-refractivity contribution in [2.24, 2.45) is 5.41 Å². The highest BCUT2D eigenvalue weighted by molar-refractivity contribution is 14.1. The normalized spacial score (nSPS) is 12.8. The van der Waals surface area contributed by atoms with Crippen LogP contribution in [-0.2, 0) is 14.3 Å². The minimum atomic E-state index is -3.68. The molecule has 0 unspecified atom stereocenters. The van der Waals surface area contributed by atoms with Gasteiger partial charge in [-0.25, -0.2) is 0 Å². The van der Waals surface area contributed by atoms with Crippen LogP contribution in [0.25, 0.3) is 0 Å². The first-order valence-corrected chi connectivity index (χ1v) is 8.94. The molecular formula is C12H16I2O3S. The minimum absolute atomic E-state index is 0.176.